The van der Waals surface area contributed by atoms with Gasteiger partial charge in [0, 0.05) is 6.42 Å². The van der Waals surface area contributed by atoms with Gasteiger partial charge in [-0.3, -0.25) is 4.90 Å². The van der Waals surface area contributed by atoms with E-state index in [9.17, 15) is 9.59 Å². The van der Waals surface area contributed by atoms with Crippen molar-refractivity contribution >= 4 is 12.1 Å². The minimum absolute atomic E-state index is 0.0339. The maximum Gasteiger partial charge on any atom is 0.411 e. The molecule has 0 aromatic heterocycles. The van der Waals surface area contributed by atoms with Gasteiger partial charge in [-0.1, -0.05) is 0 Å². The van der Waals surface area contributed by atoms with Crippen molar-refractivity contribution in [3.8, 4) is 0 Å². The van der Waals surface area contributed by atoms with Gasteiger partial charge in [-0.15, -0.1) is 0 Å². The van der Waals surface area contributed by atoms with E-state index in [1.54, 1.807) is 20.8 Å². The fourth-order valence-electron chi connectivity index (χ4n) is 1.80. The van der Waals surface area contributed by atoms with E-state index >= 15 is 0 Å². The maximum atomic E-state index is 11.9. The van der Waals surface area contributed by atoms with Crippen LogP contribution in [-0.4, -0.2) is 48.3 Å². The number of carbonyl (C=O) groups excluding carboxylic acids is 2. The Morgan fingerprint density at radius 2 is 1.94 bits per heavy atom. The molecular weight excluding hydrogens is 224 g/mol. The van der Waals surface area contributed by atoms with Crippen LogP contribution < -0.4 is 5.73 Å². The molecule has 6 nitrogen and oxygen atoms in total. The van der Waals surface area contributed by atoms with Crippen molar-refractivity contribution in [2.24, 2.45) is 0 Å². The lowest BCUT2D eigenvalue weighted by Gasteiger charge is -2.26. The van der Waals surface area contributed by atoms with Gasteiger partial charge in [0.15, 0.2) is 0 Å². The molecule has 17 heavy (non-hydrogen) atoms. The van der Waals surface area contributed by atoms with Gasteiger partial charge in [-0.2, -0.15) is 0 Å². The second-order valence-corrected chi connectivity index (χ2v) is 5.27. The Morgan fingerprint density at radius 1 is 1.35 bits per heavy atom. The Labute approximate surface area is 101 Å². The van der Waals surface area contributed by atoms with E-state index in [0.717, 1.165) is 0 Å². The Morgan fingerprint density at radius 3 is 2.41 bits per heavy atom. The van der Waals surface area contributed by atoms with Crippen LogP contribution >= 0.6 is 0 Å². The van der Waals surface area contributed by atoms with Gasteiger partial charge in [0.05, 0.1) is 13.7 Å². The predicted octanol–water partition coefficient (Wildman–Crippen LogP) is -0.221. The summed E-state index contributed by atoms with van der Waals surface area (Å²) >= 11 is 0. The summed E-state index contributed by atoms with van der Waals surface area (Å²) < 4.78 is 9.92. The number of quaternary nitrogens is 1. The molecule has 0 aromatic carbocycles. The first-order chi connectivity index (χ1) is 7.74. The van der Waals surface area contributed by atoms with Crippen LogP contribution in [-0.2, 0) is 14.3 Å². The minimum Gasteiger partial charge on any atom is -0.467 e. The van der Waals surface area contributed by atoms with E-state index in [-0.39, 0.29) is 6.04 Å². The molecule has 0 aromatic rings. The van der Waals surface area contributed by atoms with Crippen molar-refractivity contribution in [3.63, 3.8) is 0 Å². The van der Waals surface area contributed by atoms with Crippen molar-refractivity contribution in [2.45, 2.75) is 44.9 Å². The van der Waals surface area contributed by atoms with Crippen LogP contribution in [0.1, 0.15) is 27.2 Å². The zero-order valence-corrected chi connectivity index (χ0v) is 10.9. The van der Waals surface area contributed by atoms with Crippen molar-refractivity contribution in [1.82, 2.24) is 4.90 Å². The van der Waals surface area contributed by atoms with Crippen LogP contribution in [0.5, 0.6) is 0 Å². The third-order valence-electron chi connectivity index (χ3n) is 2.49. The van der Waals surface area contributed by atoms with Gasteiger partial charge in [0.25, 0.3) is 0 Å². The summed E-state index contributed by atoms with van der Waals surface area (Å²) in [6, 6.07) is -0.538. The van der Waals surface area contributed by atoms with Gasteiger partial charge in [-0.05, 0) is 20.8 Å². The molecule has 1 aliphatic rings. The van der Waals surface area contributed by atoms with E-state index < -0.39 is 23.7 Å². The average molecular weight is 245 g/mol. The predicted molar refractivity (Wildman–Crippen MR) is 60.0 cm³/mol. The number of ether oxygens (including phenoxy) is 2. The Balaban J connectivity index is 2.73. The highest BCUT2D eigenvalue weighted by Crippen LogP contribution is 2.20. The van der Waals surface area contributed by atoms with Crippen LogP contribution in [0.4, 0.5) is 4.79 Å². The highest BCUT2D eigenvalue weighted by atomic mass is 16.6. The number of carbonyl (C=O) groups is 2. The zero-order valence-electron chi connectivity index (χ0n) is 10.9. The third kappa shape index (κ3) is 3.59. The molecule has 1 saturated heterocycles. The average Bonchev–Trinajstić information content (AvgIpc) is 2.56. The molecule has 2 atom stereocenters. The molecule has 0 spiro atoms. The standard InChI is InChI=1S/C11H20N2O4/c1-11(2,3)17-10(15)13-6-7(12)5-8(13)9(14)16-4/h7-8H,5-6,12H2,1-4H3/p+1/t7-,8-/m0/s1. The van der Waals surface area contributed by atoms with E-state index in [1.807, 2.05) is 0 Å². The summed E-state index contributed by atoms with van der Waals surface area (Å²) in [7, 11) is 1.31. The number of hydrogen-bond donors (Lipinski definition) is 1. The fourth-order valence-corrected chi connectivity index (χ4v) is 1.80. The van der Waals surface area contributed by atoms with E-state index in [2.05, 4.69) is 10.5 Å². The van der Waals surface area contributed by atoms with Crippen LogP contribution in [0.25, 0.3) is 0 Å². The molecule has 1 amide bonds. The first-order valence-corrected chi connectivity index (χ1v) is 5.65. The van der Waals surface area contributed by atoms with Crippen molar-refractivity contribution in [1.29, 1.82) is 0 Å². The lowest BCUT2D eigenvalue weighted by Crippen LogP contribution is -2.62. The molecule has 0 bridgehead atoms. The SMILES string of the molecule is COC(=O)[C@@H]1C[C@H]([NH3+])CN1C(=O)OC(C)(C)C. The van der Waals surface area contributed by atoms with Gasteiger partial charge in [0.2, 0.25) is 0 Å². The van der Waals surface area contributed by atoms with Crippen LogP contribution in [0.2, 0.25) is 0 Å². The highest BCUT2D eigenvalue weighted by molar-refractivity contribution is 5.82. The quantitative estimate of drug-likeness (QED) is 0.647. The number of amides is 1. The van der Waals surface area contributed by atoms with Gasteiger partial charge in [0.1, 0.15) is 17.7 Å². The lowest BCUT2D eigenvalue weighted by atomic mass is 10.2. The molecule has 1 heterocycles. The third-order valence-corrected chi connectivity index (χ3v) is 2.49. The number of likely N-dealkylation sites (tertiary alicyclic amines) is 1. The molecule has 0 saturated carbocycles. The normalized spacial score (nSPS) is 24.6. The smallest absolute Gasteiger partial charge is 0.411 e. The number of methoxy groups -OCH3 is 1. The molecule has 6 heteroatoms. The molecule has 0 unspecified atom stereocenters. The van der Waals surface area contributed by atoms with Crippen LogP contribution in [0.15, 0.2) is 0 Å². The second kappa shape index (κ2) is 4.91. The summed E-state index contributed by atoms with van der Waals surface area (Å²) in [5, 5.41) is 0. The van der Waals surface area contributed by atoms with Gasteiger partial charge < -0.3 is 15.2 Å². The van der Waals surface area contributed by atoms with Crippen LogP contribution in [0.3, 0.4) is 0 Å². The number of hydrogen-bond acceptors (Lipinski definition) is 4. The van der Waals surface area contributed by atoms with Crippen molar-refractivity contribution < 1.29 is 24.8 Å². The second-order valence-electron chi connectivity index (χ2n) is 5.27. The maximum absolute atomic E-state index is 11.9. The summed E-state index contributed by atoms with van der Waals surface area (Å²) in [5.74, 6) is -0.415. The van der Waals surface area contributed by atoms with Crippen LogP contribution in [0, 0.1) is 0 Å². The summed E-state index contributed by atoms with van der Waals surface area (Å²) in [6.45, 7) is 5.79. The number of rotatable bonds is 1. The highest BCUT2D eigenvalue weighted by Gasteiger charge is 2.42. The Bertz CT molecular complexity index is 311. The minimum atomic E-state index is -0.572. The summed E-state index contributed by atoms with van der Waals surface area (Å²) in [4.78, 5) is 24.8. The van der Waals surface area contributed by atoms with Crippen molar-refractivity contribution in [3.05, 3.63) is 0 Å². The Hall–Kier alpha value is -1.30. The molecule has 98 valence electrons. The fraction of sp³-hybridized carbons (Fsp3) is 0.818. The number of nitrogens with zero attached hydrogens (tertiary/aromatic N) is 1. The first-order valence-electron chi connectivity index (χ1n) is 5.65. The topological polar surface area (TPSA) is 83.5 Å². The molecule has 3 N–H and O–H groups in total. The zero-order chi connectivity index (χ0) is 13.2. The molecular formula is C11H21N2O4+. The molecule has 0 radical (unpaired) electrons. The molecule has 1 aliphatic heterocycles. The van der Waals surface area contributed by atoms with E-state index in [4.69, 9.17) is 4.74 Å². The molecule has 0 aliphatic carbocycles. The number of esters is 1. The largest absolute Gasteiger partial charge is 0.467 e. The van der Waals surface area contributed by atoms with Gasteiger partial charge in [-0.25, -0.2) is 9.59 Å². The van der Waals surface area contributed by atoms with E-state index in [0.29, 0.717) is 13.0 Å². The van der Waals surface area contributed by atoms with Crippen molar-refractivity contribution in [2.75, 3.05) is 13.7 Å². The van der Waals surface area contributed by atoms with E-state index in [1.165, 1.54) is 12.0 Å². The molecule has 1 rings (SSSR count). The lowest BCUT2D eigenvalue weighted by molar-refractivity contribution is -0.414. The summed E-state index contributed by atoms with van der Waals surface area (Å²) in [6.07, 6.45) is 0.0328. The monoisotopic (exact) mass is 245 g/mol. The summed E-state index contributed by atoms with van der Waals surface area (Å²) in [5.41, 5.74) is 3.30. The first kappa shape index (κ1) is 13.8. The molecule has 1 fully saturated rings. The van der Waals surface area contributed by atoms with Gasteiger partial charge >= 0.3 is 12.1 Å². The Kier molecular flexibility index (Phi) is 3.98.